The quantitative estimate of drug-likeness (QED) is 0.612. The SMILES string of the molecule is Oc1cc(O)c2c(c1)CCCO2. The number of aryl methyl sites for hydroxylation is 1. The molecule has 0 spiro atoms. The average Bonchev–Trinajstić information content (AvgIpc) is 2.04. The first-order valence-electron chi connectivity index (χ1n) is 3.95. The lowest BCUT2D eigenvalue weighted by Gasteiger charge is -2.17. The van der Waals surface area contributed by atoms with Crippen molar-refractivity contribution < 1.29 is 14.9 Å². The Balaban J connectivity index is 2.53. The van der Waals surface area contributed by atoms with Gasteiger partial charge in [0.25, 0.3) is 0 Å². The van der Waals surface area contributed by atoms with Crippen molar-refractivity contribution in [1.82, 2.24) is 0 Å². The third-order valence-electron chi connectivity index (χ3n) is 1.97. The zero-order valence-corrected chi connectivity index (χ0v) is 6.58. The van der Waals surface area contributed by atoms with Crippen LogP contribution in [0.15, 0.2) is 12.1 Å². The van der Waals surface area contributed by atoms with Crippen LogP contribution in [0.2, 0.25) is 0 Å². The molecule has 64 valence electrons. The first kappa shape index (κ1) is 7.28. The number of hydrogen-bond donors (Lipinski definition) is 2. The molecule has 0 atom stereocenters. The summed E-state index contributed by atoms with van der Waals surface area (Å²) in [5, 5.41) is 18.5. The van der Waals surface area contributed by atoms with Crippen LogP contribution in [-0.2, 0) is 6.42 Å². The third kappa shape index (κ3) is 1.07. The summed E-state index contributed by atoms with van der Waals surface area (Å²) in [6, 6.07) is 2.93. The third-order valence-corrected chi connectivity index (χ3v) is 1.97. The smallest absolute Gasteiger partial charge is 0.164 e. The topological polar surface area (TPSA) is 49.7 Å². The first-order valence-corrected chi connectivity index (χ1v) is 3.95. The molecule has 0 bridgehead atoms. The summed E-state index contributed by atoms with van der Waals surface area (Å²) < 4.78 is 5.25. The second-order valence-electron chi connectivity index (χ2n) is 2.91. The lowest BCUT2D eigenvalue weighted by atomic mass is 10.1. The standard InChI is InChI=1S/C9H10O3/c10-7-4-6-2-1-3-12-9(6)8(11)5-7/h4-5,10-11H,1-3H2. The van der Waals surface area contributed by atoms with E-state index in [1.165, 1.54) is 6.07 Å². The van der Waals surface area contributed by atoms with Gasteiger partial charge in [-0.2, -0.15) is 0 Å². The van der Waals surface area contributed by atoms with Gasteiger partial charge in [0.2, 0.25) is 0 Å². The number of phenolic OH excluding ortho intramolecular Hbond substituents is 2. The van der Waals surface area contributed by atoms with Crippen LogP contribution in [0, 0.1) is 0 Å². The van der Waals surface area contributed by atoms with E-state index in [0.29, 0.717) is 12.4 Å². The normalized spacial score (nSPS) is 15.0. The van der Waals surface area contributed by atoms with Gasteiger partial charge >= 0.3 is 0 Å². The Morgan fingerprint density at radius 2 is 2.08 bits per heavy atom. The minimum Gasteiger partial charge on any atom is -0.508 e. The van der Waals surface area contributed by atoms with Crippen molar-refractivity contribution in [3.63, 3.8) is 0 Å². The van der Waals surface area contributed by atoms with Crippen molar-refractivity contribution in [1.29, 1.82) is 0 Å². The van der Waals surface area contributed by atoms with E-state index in [9.17, 15) is 5.11 Å². The molecule has 3 nitrogen and oxygen atoms in total. The molecule has 0 fully saturated rings. The van der Waals surface area contributed by atoms with Gasteiger partial charge in [-0.3, -0.25) is 0 Å². The Labute approximate surface area is 70.2 Å². The molecule has 1 aromatic rings. The fraction of sp³-hybridized carbons (Fsp3) is 0.333. The van der Waals surface area contributed by atoms with E-state index in [0.717, 1.165) is 18.4 Å². The molecule has 1 heterocycles. The van der Waals surface area contributed by atoms with E-state index in [1.54, 1.807) is 6.07 Å². The predicted octanol–water partition coefficient (Wildman–Crippen LogP) is 1.42. The van der Waals surface area contributed by atoms with Crippen molar-refractivity contribution in [3.05, 3.63) is 17.7 Å². The Bertz CT molecular complexity index is 307. The number of ether oxygens (including phenoxy) is 1. The van der Waals surface area contributed by atoms with Gasteiger partial charge in [-0.05, 0) is 18.9 Å². The maximum absolute atomic E-state index is 9.35. The zero-order chi connectivity index (χ0) is 8.55. The molecule has 3 heteroatoms. The maximum atomic E-state index is 9.35. The number of aromatic hydroxyl groups is 2. The van der Waals surface area contributed by atoms with Gasteiger partial charge in [-0.15, -0.1) is 0 Å². The summed E-state index contributed by atoms with van der Waals surface area (Å²) >= 11 is 0. The minimum atomic E-state index is 0.0321. The summed E-state index contributed by atoms with van der Waals surface area (Å²) in [6.45, 7) is 0.644. The lowest BCUT2D eigenvalue weighted by Crippen LogP contribution is -2.07. The number of phenols is 2. The summed E-state index contributed by atoms with van der Waals surface area (Å²) in [6.07, 6.45) is 1.80. The molecule has 2 N–H and O–H groups in total. The van der Waals surface area contributed by atoms with Gasteiger partial charge < -0.3 is 14.9 Å². The summed E-state index contributed by atoms with van der Waals surface area (Å²) in [7, 11) is 0. The van der Waals surface area contributed by atoms with Crippen LogP contribution < -0.4 is 4.74 Å². The fourth-order valence-corrected chi connectivity index (χ4v) is 1.45. The van der Waals surface area contributed by atoms with Crippen molar-refractivity contribution in [2.24, 2.45) is 0 Å². The highest BCUT2D eigenvalue weighted by Gasteiger charge is 2.15. The molecule has 0 radical (unpaired) electrons. The Hall–Kier alpha value is -1.38. The molecule has 12 heavy (non-hydrogen) atoms. The zero-order valence-electron chi connectivity index (χ0n) is 6.58. The predicted molar refractivity (Wildman–Crippen MR) is 43.6 cm³/mol. The highest BCUT2D eigenvalue weighted by Crippen LogP contribution is 2.37. The van der Waals surface area contributed by atoms with Crippen LogP contribution in [-0.4, -0.2) is 16.8 Å². The van der Waals surface area contributed by atoms with Crippen molar-refractivity contribution in [3.8, 4) is 17.2 Å². The Kier molecular flexibility index (Phi) is 1.57. The first-order chi connectivity index (χ1) is 5.77. The van der Waals surface area contributed by atoms with Crippen LogP contribution in [0.4, 0.5) is 0 Å². The van der Waals surface area contributed by atoms with Gasteiger partial charge in [0.05, 0.1) is 6.61 Å². The Morgan fingerprint density at radius 3 is 2.92 bits per heavy atom. The van der Waals surface area contributed by atoms with E-state index in [1.807, 2.05) is 0 Å². The summed E-state index contributed by atoms with van der Waals surface area (Å²) in [5.41, 5.74) is 0.888. The van der Waals surface area contributed by atoms with E-state index in [2.05, 4.69) is 0 Å². The summed E-state index contributed by atoms with van der Waals surface area (Å²) in [5.74, 6) is 0.653. The molecule has 0 saturated heterocycles. The molecule has 2 rings (SSSR count). The van der Waals surface area contributed by atoms with Gasteiger partial charge in [0.1, 0.15) is 5.75 Å². The number of benzene rings is 1. The minimum absolute atomic E-state index is 0.0321. The second-order valence-corrected chi connectivity index (χ2v) is 2.91. The van der Waals surface area contributed by atoms with Gasteiger partial charge in [-0.25, -0.2) is 0 Å². The highest BCUT2D eigenvalue weighted by atomic mass is 16.5. The highest BCUT2D eigenvalue weighted by molar-refractivity contribution is 5.51. The maximum Gasteiger partial charge on any atom is 0.164 e. The molecule has 1 aliphatic rings. The average molecular weight is 166 g/mol. The van der Waals surface area contributed by atoms with E-state index >= 15 is 0 Å². The fourth-order valence-electron chi connectivity index (χ4n) is 1.45. The monoisotopic (exact) mass is 166 g/mol. The van der Waals surface area contributed by atoms with Crippen molar-refractivity contribution >= 4 is 0 Å². The van der Waals surface area contributed by atoms with Crippen molar-refractivity contribution in [2.45, 2.75) is 12.8 Å². The molecule has 0 saturated carbocycles. The van der Waals surface area contributed by atoms with Gasteiger partial charge in [0.15, 0.2) is 11.5 Å². The van der Waals surface area contributed by atoms with E-state index in [4.69, 9.17) is 9.84 Å². The van der Waals surface area contributed by atoms with Crippen molar-refractivity contribution in [2.75, 3.05) is 6.61 Å². The van der Waals surface area contributed by atoms with Crippen LogP contribution in [0.25, 0.3) is 0 Å². The van der Waals surface area contributed by atoms with E-state index in [-0.39, 0.29) is 11.5 Å². The molecule has 1 aliphatic heterocycles. The van der Waals surface area contributed by atoms with Crippen LogP contribution in [0.5, 0.6) is 17.2 Å². The molecular weight excluding hydrogens is 156 g/mol. The second kappa shape index (κ2) is 2.59. The summed E-state index contributed by atoms with van der Waals surface area (Å²) in [4.78, 5) is 0. The number of fused-ring (bicyclic) bond motifs is 1. The largest absolute Gasteiger partial charge is 0.508 e. The Morgan fingerprint density at radius 1 is 1.25 bits per heavy atom. The van der Waals surface area contributed by atoms with Crippen LogP contribution in [0.1, 0.15) is 12.0 Å². The molecule has 0 aromatic heterocycles. The van der Waals surface area contributed by atoms with Gasteiger partial charge in [-0.1, -0.05) is 0 Å². The van der Waals surface area contributed by atoms with Crippen LogP contribution >= 0.6 is 0 Å². The molecule has 0 amide bonds. The number of rotatable bonds is 0. The molecule has 1 aromatic carbocycles. The van der Waals surface area contributed by atoms with E-state index < -0.39 is 0 Å². The van der Waals surface area contributed by atoms with Gasteiger partial charge in [0, 0.05) is 11.6 Å². The molecule has 0 aliphatic carbocycles. The number of hydrogen-bond acceptors (Lipinski definition) is 3. The molecular formula is C9H10O3. The van der Waals surface area contributed by atoms with Crippen LogP contribution in [0.3, 0.4) is 0 Å². The molecule has 0 unspecified atom stereocenters. The lowest BCUT2D eigenvalue weighted by molar-refractivity contribution is 0.271.